The van der Waals surface area contributed by atoms with Crippen LogP contribution in [0.15, 0.2) is 69.9 Å². The molecule has 0 radical (unpaired) electrons. The first-order valence-corrected chi connectivity index (χ1v) is 11.6. The molecular weight excluding hydrogens is 474 g/mol. The Morgan fingerprint density at radius 1 is 1.09 bits per heavy atom. The second-order valence-corrected chi connectivity index (χ2v) is 9.77. The molecule has 5 aromatic rings. The lowest BCUT2D eigenvalue weighted by Crippen LogP contribution is -2.15. The standard InChI is InChI=1S/C21H12F2N4O4S2/c22-13-3-4-14(27-33(29,30)16-6-5-15(32-16)21-25-8-9-31-21)18(23)17(13)19(28)12-10-26-20-11(12)2-1-7-24-20/h1-10,27H,(H,24,26). The van der Waals surface area contributed by atoms with E-state index in [0.29, 0.717) is 15.9 Å². The minimum absolute atomic E-state index is 0.00440. The maximum Gasteiger partial charge on any atom is 0.271 e. The minimum Gasteiger partial charge on any atom is -0.444 e. The average Bonchev–Trinajstić information content (AvgIpc) is 3.55. The molecule has 0 spiro atoms. The second-order valence-electron chi connectivity index (χ2n) is 6.78. The monoisotopic (exact) mass is 486 g/mol. The molecule has 5 rings (SSSR count). The van der Waals surface area contributed by atoms with Gasteiger partial charge in [0, 0.05) is 23.3 Å². The zero-order valence-corrected chi connectivity index (χ0v) is 18.0. The molecule has 0 aliphatic heterocycles. The van der Waals surface area contributed by atoms with E-state index in [4.69, 9.17) is 4.42 Å². The summed E-state index contributed by atoms with van der Waals surface area (Å²) in [7, 11) is -4.24. The van der Waals surface area contributed by atoms with Gasteiger partial charge in [0.1, 0.15) is 21.9 Å². The molecule has 0 aliphatic rings. The maximum absolute atomic E-state index is 15.2. The predicted molar refractivity (Wildman–Crippen MR) is 117 cm³/mol. The summed E-state index contributed by atoms with van der Waals surface area (Å²) in [5.74, 6) is -3.17. The SMILES string of the molecule is O=C(c1c(F)ccc(NS(=O)(=O)c2ccc(-c3ncco3)s2)c1F)c1c[nH]c2ncccc12. The number of hydrogen-bond acceptors (Lipinski definition) is 7. The van der Waals surface area contributed by atoms with Gasteiger partial charge in [-0.1, -0.05) is 0 Å². The third-order valence-electron chi connectivity index (χ3n) is 4.75. The highest BCUT2D eigenvalue weighted by Crippen LogP contribution is 2.32. The highest BCUT2D eigenvalue weighted by molar-refractivity contribution is 7.94. The van der Waals surface area contributed by atoms with Crippen LogP contribution in [0.2, 0.25) is 0 Å². The molecule has 0 saturated carbocycles. The number of rotatable bonds is 6. The number of H-pyrrole nitrogens is 1. The molecule has 0 unspecified atom stereocenters. The average molecular weight is 486 g/mol. The van der Waals surface area contributed by atoms with Crippen LogP contribution < -0.4 is 4.72 Å². The van der Waals surface area contributed by atoms with Crippen molar-refractivity contribution in [3.05, 3.63) is 84.0 Å². The Morgan fingerprint density at radius 2 is 1.94 bits per heavy atom. The fraction of sp³-hybridized carbons (Fsp3) is 0. The van der Waals surface area contributed by atoms with Crippen molar-refractivity contribution >= 4 is 43.9 Å². The van der Waals surface area contributed by atoms with Gasteiger partial charge in [-0.15, -0.1) is 11.3 Å². The molecule has 2 N–H and O–H groups in total. The van der Waals surface area contributed by atoms with Crippen molar-refractivity contribution in [2.75, 3.05) is 4.72 Å². The number of nitrogens with zero attached hydrogens (tertiary/aromatic N) is 2. The van der Waals surface area contributed by atoms with Crippen LogP contribution in [0.3, 0.4) is 0 Å². The van der Waals surface area contributed by atoms with Gasteiger partial charge in [0.15, 0.2) is 5.82 Å². The molecule has 0 atom stereocenters. The van der Waals surface area contributed by atoms with E-state index in [-0.39, 0.29) is 15.7 Å². The summed E-state index contributed by atoms with van der Waals surface area (Å²) < 4.78 is 62.4. The number of carbonyl (C=O) groups excluding carboxylic acids is 1. The van der Waals surface area contributed by atoms with E-state index in [0.717, 1.165) is 23.5 Å². The van der Waals surface area contributed by atoms with E-state index in [2.05, 4.69) is 19.7 Å². The number of thiophene rings is 1. The first kappa shape index (κ1) is 21.0. The van der Waals surface area contributed by atoms with Crippen LogP contribution in [-0.4, -0.2) is 29.2 Å². The molecule has 0 saturated heterocycles. The molecule has 4 aromatic heterocycles. The number of carbonyl (C=O) groups is 1. The van der Waals surface area contributed by atoms with Gasteiger partial charge in [0.05, 0.1) is 22.3 Å². The van der Waals surface area contributed by atoms with Gasteiger partial charge in [0.25, 0.3) is 10.0 Å². The third kappa shape index (κ3) is 3.68. The second kappa shape index (κ2) is 7.90. The van der Waals surface area contributed by atoms with Crippen LogP contribution in [0.4, 0.5) is 14.5 Å². The highest BCUT2D eigenvalue weighted by Gasteiger charge is 2.27. The van der Waals surface area contributed by atoms with Crippen LogP contribution >= 0.6 is 11.3 Å². The summed E-state index contributed by atoms with van der Waals surface area (Å²) in [6.45, 7) is 0. The van der Waals surface area contributed by atoms with Gasteiger partial charge in [-0.3, -0.25) is 9.52 Å². The number of anilines is 1. The minimum atomic E-state index is -4.24. The Bertz CT molecular complexity index is 1610. The molecule has 0 fully saturated rings. The zero-order valence-electron chi connectivity index (χ0n) is 16.4. The van der Waals surface area contributed by atoms with Gasteiger partial charge in [0.2, 0.25) is 11.7 Å². The lowest BCUT2D eigenvalue weighted by molar-refractivity contribution is 0.103. The fourth-order valence-corrected chi connectivity index (χ4v) is 5.54. The number of aromatic nitrogens is 3. The first-order chi connectivity index (χ1) is 15.8. The number of aromatic amines is 1. The number of fused-ring (bicyclic) bond motifs is 1. The summed E-state index contributed by atoms with van der Waals surface area (Å²) >= 11 is 0.854. The third-order valence-corrected chi connectivity index (χ3v) is 7.68. The van der Waals surface area contributed by atoms with Gasteiger partial charge in [-0.2, -0.15) is 0 Å². The van der Waals surface area contributed by atoms with Gasteiger partial charge < -0.3 is 9.40 Å². The van der Waals surface area contributed by atoms with E-state index in [1.165, 1.54) is 37.0 Å². The molecule has 12 heteroatoms. The van der Waals surface area contributed by atoms with E-state index < -0.39 is 38.7 Å². The van der Waals surface area contributed by atoms with Crippen molar-refractivity contribution < 1.29 is 26.4 Å². The number of nitrogens with one attached hydrogen (secondary N) is 2. The van der Waals surface area contributed by atoms with Gasteiger partial charge in [-0.25, -0.2) is 27.2 Å². The highest BCUT2D eigenvalue weighted by atomic mass is 32.2. The zero-order chi connectivity index (χ0) is 23.2. The molecule has 0 aliphatic carbocycles. The van der Waals surface area contributed by atoms with E-state index in [9.17, 15) is 17.6 Å². The molecule has 8 nitrogen and oxygen atoms in total. The van der Waals surface area contributed by atoms with Crippen LogP contribution in [0.1, 0.15) is 15.9 Å². The number of pyridine rings is 1. The number of ketones is 1. The summed E-state index contributed by atoms with van der Waals surface area (Å²) in [6, 6.07) is 7.70. The van der Waals surface area contributed by atoms with Crippen molar-refractivity contribution in [3.63, 3.8) is 0 Å². The summed E-state index contributed by atoms with van der Waals surface area (Å²) in [4.78, 5) is 24.2. The Labute approximate surface area is 189 Å². The molecule has 166 valence electrons. The van der Waals surface area contributed by atoms with Crippen molar-refractivity contribution in [1.29, 1.82) is 0 Å². The van der Waals surface area contributed by atoms with Crippen LogP contribution in [0.25, 0.3) is 21.8 Å². The van der Waals surface area contributed by atoms with Crippen LogP contribution in [0.5, 0.6) is 0 Å². The number of oxazole rings is 1. The number of sulfonamides is 1. The van der Waals surface area contributed by atoms with E-state index in [1.807, 2.05) is 0 Å². The molecule has 4 heterocycles. The van der Waals surface area contributed by atoms with Gasteiger partial charge in [-0.05, 0) is 36.4 Å². The predicted octanol–water partition coefficient (Wildman–Crippen LogP) is 4.59. The molecule has 0 amide bonds. The lowest BCUT2D eigenvalue weighted by atomic mass is 10.0. The Morgan fingerprint density at radius 3 is 2.73 bits per heavy atom. The topological polar surface area (TPSA) is 118 Å². The number of halogens is 2. The Balaban J connectivity index is 1.50. The maximum atomic E-state index is 15.2. The Kier molecular flexibility index (Phi) is 5.02. The Hall–Kier alpha value is -3.90. The molecular formula is C21H12F2N4O4S2. The molecule has 33 heavy (non-hydrogen) atoms. The smallest absolute Gasteiger partial charge is 0.271 e. The molecule has 0 bridgehead atoms. The van der Waals surface area contributed by atoms with Crippen molar-refractivity contribution in [1.82, 2.24) is 15.0 Å². The summed E-state index contributed by atoms with van der Waals surface area (Å²) in [5.41, 5.74) is -1.07. The lowest BCUT2D eigenvalue weighted by Gasteiger charge is -2.11. The van der Waals surface area contributed by atoms with E-state index >= 15 is 4.39 Å². The number of hydrogen-bond donors (Lipinski definition) is 2. The van der Waals surface area contributed by atoms with E-state index in [1.54, 1.807) is 12.1 Å². The summed E-state index contributed by atoms with van der Waals surface area (Å²) in [5, 5.41) is 0.380. The molecule has 1 aromatic carbocycles. The van der Waals surface area contributed by atoms with Crippen LogP contribution in [-0.2, 0) is 10.0 Å². The quantitative estimate of drug-likeness (QED) is 0.339. The van der Waals surface area contributed by atoms with Gasteiger partial charge >= 0.3 is 0 Å². The normalized spacial score (nSPS) is 11.7. The largest absolute Gasteiger partial charge is 0.444 e. The van der Waals surface area contributed by atoms with Crippen molar-refractivity contribution in [2.45, 2.75) is 4.21 Å². The summed E-state index contributed by atoms with van der Waals surface area (Å²) in [6.07, 6.45) is 5.56. The van der Waals surface area contributed by atoms with Crippen LogP contribution in [0, 0.1) is 11.6 Å². The fourth-order valence-electron chi connectivity index (χ4n) is 3.24. The van der Waals surface area contributed by atoms with Crippen molar-refractivity contribution in [2.24, 2.45) is 0 Å². The first-order valence-electron chi connectivity index (χ1n) is 9.32. The van der Waals surface area contributed by atoms with Crippen molar-refractivity contribution in [3.8, 4) is 10.8 Å². The number of benzene rings is 1.